The Bertz CT molecular complexity index is 372. The highest BCUT2D eigenvalue weighted by molar-refractivity contribution is 6.20. The number of aryl methyl sites for hydroxylation is 1. The lowest BCUT2D eigenvalue weighted by Gasteiger charge is -2.14. The maximum absolute atomic E-state index is 11.9. The Balaban J connectivity index is 2.48. The van der Waals surface area contributed by atoms with Crippen molar-refractivity contribution in [2.45, 2.75) is 25.1 Å². The maximum atomic E-state index is 11.9. The summed E-state index contributed by atoms with van der Waals surface area (Å²) in [6.45, 7) is 1.63. The molecule has 0 saturated carbocycles. The van der Waals surface area contributed by atoms with E-state index in [-0.39, 0.29) is 12.0 Å². The van der Waals surface area contributed by atoms with Crippen molar-refractivity contribution in [2.75, 3.05) is 20.3 Å². The van der Waals surface area contributed by atoms with Gasteiger partial charge in [-0.3, -0.25) is 0 Å². The molecule has 5 heteroatoms. The zero-order valence-corrected chi connectivity index (χ0v) is 11.2. The fourth-order valence-electron chi connectivity index (χ4n) is 1.64. The van der Waals surface area contributed by atoms with Gasteiger partial charge in [-0.1, -0.05) is 6.07 Å². The molecule has 102 valence electrons. The molecule has 0 amide bonds. The Morgan fingerprint density at radius 1 is 1.33 bits per heavy atom. The third kappa shape index (κ3) is 4.78. The molecule has 1 aromatic carbocycles. The van der Waals surface area contributed by atoms with Crippen LogP contribution in [0, 0.1) is 6.92 Å². The minimum absolute atomic E-state index is 0.226. The second kappa shape index (κ2) is 7.54. The smallest absolute Gasteiger partial charge is 0.261 e. The molecular weight excluding hydrogens is 262 g/mol. The predicted molar refractivity (Wildman–Crippen MR) is 67.8 cm³/mol. The summed E-state index contributed by atoms with van der Waals surface area (Å²) < 4.78 is 33.6. The Morgan fingerprint density at radius 2 is 2.06 bits per heavy atom. The first-order valence-electron chi connectivity index (χ1n) is 5.69. The van der Waals surface area contributed by atoms with Gasteiger partial charge in [-0.25, -0.2) is 8.78 Å². The van der Waals surface area contributed by atoms with Crippen LogP contribution < -0.4 is 4.74 Å². The molecule has 0 N–H and O–H groups in total. The molecule has 0 fully saturated rings. The van der Waals surface area contributed by atoms with Gasteiger partial charge in [0.05, 0.1) is 12.5 Å². The predicted octanol–water partition coefficient (Wildman–Crippen LogP) is 3.96. The zero-order valence-electron chi connectivity index (χ0n) is 10.5. The summed E-state index contributed by atoms with van der Waals surface area (Å²) in [4.78, 5) is 0. The van der Waals surface area contributed by atoms with Crippen molar-refractivity contribution in [3.05, 3.63) is 29.3 Å². The van der Waals surface area contributed by atoms with Crippen LogP contribution in [0.5, 0.6) is 5.75 Å². The molecule has 0 aliphatic carbocycles. The van der Waals surface area contributed by atoms with E-state index in [1.807, 2.05) is 25.1 Å². The number of methoxy groups -OCH3 is 1. The van der Waals surface area contributed by atoms with Crippen molar-refractivity contribution < 1.29 is 18.3 Å². The van der Waals surface area contributed by atoms with Crippen LogP contribution in [0.2, 0.25) is 0 Å². The molecule has 0 aromatic heterocycles. The number of alkyl halides is 3. The second-order valence-electron chi connectivity index (χ2n) is 3.94. The summed E-state index contributed by atoms with van der Waals surface area (Å²) in [5, 5.41) is -0.242. The van der Waals surface area contributed by atoms with Gasteiger partial charge in [0, 0.05) is 6.61 Å². The van der Waals surface area contributed by atoms with Crippen molar-refractivity contribution in [3.63, 3.8) is 0 Å². The average Bonchev–Trinajstić information content (AvgIpc) is 2.33. The lowest BCUT2D eigenvalue weighted by atomic mass is 10.0. The summed E-state index contributed by atoms with van der Waals surface area (Å²) in [5.41, 5.74) is 1.99. The van der Waals surface area contributed by atoms with E-state index < -0.39 is 13.0 Å². The highest BCUT2D eigenvalue weighted by atomic mass is 35.5. The summed E-state index contributed by atoms with van der Waals surface area (Å²) in [6.07, 6.45) is -1.93. The lowest BCUT2D eigenvalue weighted by Crippen LogP contribution is -2.07. The largest absolute Gasteiger partial charge is 0.497 e. The molecule has 0 bridgehead atoms. The van der Waals surface area contributed by atoms with Crippen LogP contribution in [0.25, 0.3) is 0 Å². The maximum Gasteiger partial charge on any atom is 0.261 e. The molecule has 0 heterocycles. The van der Waals surface area contributed by atoms with E-state index in [1.165, 1.54) is 0 Å². The van der Waals surface area contributed by atoms with Crippen LogP contribution in [0.1, 0.15) is 22.9 Å². The van der Waals surface area contributed by atoms with Crippen LogP contribution in [0.3, 0.4) is 0 Å². The molecule has 0 saturated heterocycles. The molecule has 1 atom stereocenters. The highest BCUT2D eigenvalue weighted by Gasteiger charge is 2.12. The summed E-state index contributed by atoms with van der Waals surface area (Å²) >= 11 is 6.21. The van der Waals surface area contributed by atoms with Crippen molar-refractivity contribution in [3.8, 4) is 5.75 Å². The number of hydrogen-bond acceptors (Lipinski definition) is 2. The lowest BCUT2D eigenvalue weighted by molar-refractivity contribution is 0.0165. The van der Waals surface area contributed by atoms with E-state index in [2.05, 4.69) is 0 Å². The monoisotopic (exact) mass is 278 g/mol. The number of ether oxygens (including phenoxy) is 2. The number of halogens is 3. The van der Waals surface area contributed by atoms with E-state index in [1.54, 1.807) is 7.11 Å². The number of benzene rings is 1. The van der Waals surface area contributed by atoms with Crippen LogP contribution in [-0.2, 0) is 4.74 Å². The van der Waals surface area contributed by atoms with Gasteiger partial charge >= 0.3 is 0 Å². The summed E-state index contributed by atoms with van der Waals surface area (Å²) in [7, 11) is 1.60. The van der Waals surface area contributed by atoms with Crippen LogP contribution in [0.15, 0.2) is 18.2 Å². The summed E-state index contributed by atoms with van der Waals surface area (Å²) in [5.74, 6) is 0.772. The molecule has 0 aliphatic heterocycles. The van der Waals surface area contributed by atoms with Gasteiger partial charge in [-0.05, 0) is 36.6 Å². The van der Waals surface area contributed by atoms with Gasteiger partial charge in [0.1, 0.15) is 12.4 Å². The van der Waals surface area contributed by atoms with Crippen molar-refractivity contribution in [1.29, 1.82) is 0 Å². The molecule has 2 nitrogen and oxygen atoms in total. The van der Waals surface area contributed by atoms with Crippen LogP contribution in [0.4, 0.5) is 8.78 Å². The van der Waals surface area contributed by atoms with Gasteiger partial charge in [0.15, 0.2) is 0 Å². The Labute approximate surface area is 111 Å². The van der Waals surface area contributed by atoms with Crippen molar-refractivity contribution in [2.24, 2.45) is 0 Å². The molecule has 0 radical (unpaired) electrons. The minimum Gasteiger partial charge on any atom is -0.497 e. The normalized spacial score (nSPS) is 12.8. The van der Waals surface area contributed by atoms with E-state index in [4.69, 9.17) is 21.1 Å². The van der Waals surface area contributed by atoms with Gasteiger partial charge < -0.3 is 9.47 Å². The Morgan fingerprint density at radius 3 is 2.61 bits per heavy atom. The molecule has 1 aromatic rings. The standard InChI is InChI=1S/C13H17ClF2O2/c1-9-7-10(17-2)3-4-11(9)12(14)5-6-18-8-13(15)16/h3-4,7,12-13H,5-6,8H2,1-2H3. The van der Waals surface area contributed by atoms with Gasteiger partial charge in [-0.15, -0.1) is 11.6 Å². The van der Waals surface area contributed by atoms with E-state index >= 15 is 0 Å². The van der Waals surface area contributed by atoms with Crippen molar-refractivity contribution in [1.82, 2.24) is 0 Å². The third-order valence-electron chi connectivity index (χ3n) is 2.57. The van der Waals surface area contributed by atoms with E-state index in [0.29, 0.717) is 6.42 Å². The topological polar surface area (TPSA) is 18.5 Å². The molecule has 18 heavy (non-hydrogen) atoms. The first-order valence-corrected chi connectivity index (χ1v) is 6.12. The quantitative estimate of drug-likeness (QED) is 0.555. The van der Waals surface area contributed by atoms with E-state index in [9.17, 15) is 8.78 Å². The van der Waals surface area contributed by atoms with Gasteiger partial charge in [0.25, 0.3) is 6.43 Å². The third-order valence-corrected chi connectivity index (χ3v) is 3.03. The molecule has 1 unspecified atom stereocenters. The fourth-order valence-corrected chi connectivity index (χ4v) is 1.98. The fraction of sp³-hybridized carbons (Fsp3) is 0.538. The molecule has 0 spiro atoms. The second-order valence-corrected chi connectivity index (χ2v) is 4.47. The highest BCUT2D eigenvalue weighted by Crippen LogP contribution is 2.29. The van der Waals surface area contributed by atoms with Crippen molar-refractivity contribution >= 4 is 11.6 Å². The average molecular weight is 279 g/mol. The Hall–Kier alpha value is -0.870. The molecule has 0 aliphatic rings. The summed E-state index contributed by atoms with van der Waals surface area (Å²) in [6, 6.07) is 5.61. The van der Waals surface area contributed by atoms with Crippen LogP contribution in [-0.4, -0.2) is 26.7 Å². The van der Waals surface area contributed by atoms with E-state index in [0.717, 1.165) is 16.9 Å². The SMILES string of the molecule is COc1ccc(C(Cl)CCOCC(F)F)c(C)c1. The Kier molecular flexibility index (Phi) is 6.36. The molecule has 1 rings (SSSR count). The molecular formula is C13H17ClF2O2. The van der Waals surface area contributed by atoms with Crippen LogP contribution >= 0.6 is 11.6 Å². The first-order chi connectivity index (χ1) is 8.54. The van der Waals surface area contributed by atoms with Gasteiger partial charge in [0.2, 0.25) is 0 Å². The zero-order chi connectivity index (χ0) is 13.5. The first kappa shape index (κ1) is 15.2. The number of hydrogen-bond donors (Lipinski definition) is 0. The van der Waals surface area contributed by atoms with Gasteiger partial charge in [-0.2, -0.15) is 0 Å². The minimum atomic E-state index is -2.43. The number of rotatable bonds is 7.